The standard InChI is InChI=1S/C14H17N3O2/c1-9-13(10(2)17-16-9)14(18)15-12-7-5-4-6-11(12)8-19-3/h4-7H,8H2,1-3H3,(H,15,18)(H,16,17). The molecule has 0 aliphatic heterocycles. The summed E-state index contributed by atoms with van der Waals surface area (Å²) >= 11 is 0. The molecule has 19 heavy (non-hydrogen) atoms. The van der Waals surface area contributed by atoms with E-state index < -0.39 is 0 Å². The van der Waals surface area contributed by atoms with Crippen LogP contribution in [0.3, 0.4) is 0 Å². The fourth-order valence-electron chi connectivity index (χ4n) is 1.99. The molecule has 0 aliphatic rings. The SMILES string of the molecule is COCc1ccccc1NC(=O)c1c(C)n[nH]c1C. The maximum atomic E-state index is 12.3. The van der Waals surface area contributed by atoms with Gasteiger partial charge in [0.1, 0.15) is 0 Å². The quantitative estimate of drug-likeness (QED) is 0.886. The molecule has 1 amide bonds. The van der Waals surface area contributed by atoms with Gasteiger partial charge in [-0.1, -0.05) is 18.2 Å². The van der Waals surface area contributed by atoms with E-state index in [0.717, 1.165) is 16.9 Å². The summed E-state index contributed by atoms with van der Waals surface area (Å²) < 4.78 is 5.12. The van der Waals surface area contributed by atoms with Crippen LogP contribution in [0, 0.1) is 13.8 Å². The molecule has 1 aromatic carbocycles. The predicted octanol–water partition coefficient (Wildman–Crippen LogP) is 2.43. The van der Waals surface area contributed by atoms with Gasteiger partial charge in [0.25, 0.3) is 5.91 Å². The van der Waals surface area contributed by atoms with Crippen LogP contribution in [0.1, 0.15) is 27.3 Å². The van der Waals surface area contributed by atoms with E-state index in [1.165, 1.54) is 0 Å². The molecule has 0 fully saturated rings. The van der Waals surface area contributed by atoms with Crippen LogP contribution >= 0.6 is 0 Å². The minimum absolute atomic E-state index is 0.160. The van der Waals surface area contributed by atoms with E-state index in [0.29, 0.717) is 17.9 Å². The molecule has 0 unspecified atom stereocenters. The Morgan fingerprint density at radius 1 is 1.37 bits per heavy atom. The van der Waals surface area contributed by atoms with E-state index in [1.54, 1.807) is 14.0 Å². The number of aromatic amines is 1. The number of para-hydroxylation sites is 1. The topological polar surface area (TPSA) is 67.0 Å². The van der Waals surface area contributed by atoms with Crippen molar-refractivity contribution >= 4 is 11.6 Å². The third kappa shape index (κ3) is 2.82. The maximum Gasteiger partial charge on any atom is 0.259 e. The largest absolute Gasteiger partial charge is 0.380 e. The molecule has 1 heterocycles. The number of nitrogens with one attached hydrogen (secondary N) is 2. The Morgan fingerprint density at radius 3 is 2.74 bits per heavy atom. The first-order chi connectivity index (χ1) is 9.13. The summed E-state index contributed by atoms with van der Waals surface area (Å²) in [5.74, 6) is -0.160. The van der Waals surface area contributed by atoms with Crippen LogP contribution in [0.5, 0.6) is 0 Å². The zero-order valence-electron chi connectivity index (χ0n) is 11.3. The minimum atomic E-state index is -0.160. The highest BCUT2D eigenvalue weighted by molar-refractivity contribution is 6.06. The van der Waals surface area contributed by atoms with Crippen LogP contribution in [0.25, 0.3) is 0 Å². The van der Waals surface area contributed by atoms with Crippen LogP contribution < -0.4 is 5.32 Å². The molecule has 0 atom stereocenters. The summed E-state index contributed by atoms with van der Waals surface area (Å²) in [5.41, 5.74) is 3.75. The number of benzene rings is 1. The van der Waals surface area contributed by atoms with E-state index in [-0.39, 0.29) is 5.91 Å². The number of amides is 1. The molecular formula is C14H17N3O2. The van der Waals surface area contributed by atoms with Gasteiger partial charge in [0.2, 0.25) is 0 Å². The van der Waals surface area contributed by atoms with Gasteiger partial charge in [0.05, 0.1) is 17.9 Å². The Kier molecular flexibility index (Phi) is 3.97. The van der Waals surface area contributed by atoms with E-state index in [2.05, 4.69) is 15.5 Å². The second kappa shape index (κ2) is 5.67. The third-order valence-electron chi connectivity index (χ3n) is 2.92. The summed E-state index contributed by atoms with van der Waals surface area (Å²) in [6.45, 7) is 4.09. The summed E-state index contributed by atoms with van der Waals surface area (Å²) in [6, 6.07) is 7.58. The van der Waals surface area contributed by atoms with Crippen LogP contribution in [-0.2, 0) is 11.3 Å². The predicted molar refractivity (Wildman–Crippen MR) is 73.2 cm³/mol. The monoisotopic (exact) mass is 259 g/mol. The van der Waals surface area contributed by atoms with Crippen molar-refractivity contribution in [3.05, 3.63) is 46.8 Å². The summed E-state index contributed by atoms with van der Waals surface area (Å²) in [5, 5.41) is 9.74. The molecule has 0 radical (unpaired) electrons. The molecule has 0 saturated heterocycles. The molecule has 1 aromatic heterocycles. The lowest BCUT2D eigenvalue weighted by atomic mass is 10.1. The zero-order valence-corrected chi connectivity index (χ0v) is 11.3. The Balaban J connectivity index is 2.24. The Bertz CT molecular complexity index is 571. The second-order valence-electron chi connectivity index (χ2n) is 4.35. The molecule has 0 saturated carbocycles. The van der Waals surface area contributed by atoms with Gasteiger partial charge in [0, 0.05) is 24.1 Å². The number of methoxy groups -OCH3 is 1. The molecular weight excluding hydrogens is 242 g/mol. The van der Waals surface area contributed by atoms with Crippen LogP contribution in [0.15, 0.2) is 24.3 Å². The number of hydrogen-bond donors (Lipinski definition) is 2. The fraction of sp³-hybridized carbons (Fsp3) is 0.286. The van der Waals surface area contributed by atoms with Crippen molar-refractivity contribution in [1.82, 2.24) is 10.2 Å². The van der Waals surface area contributed by atoms with Crippen LogP contribution in [-0.4, -0.2) is 23.2 Å². The normalized spacial score (nSPS) is 10.5. The highest BCUT2D eigenvalue weighted by Gasteiger charge is 2.16. The zero-order chi connectivity index (χ0) is 13.8. The average Bonchev–Trinajstić information content (AvgIpc) is 2.72. The van der Waals surface area contributed by atoms with Gasteiger partial charge in [-0.25, -0.2) is 0 Å². The number of carbonyl (C=O) groups is 1. The second-order valence-corrected chi connectivity index (χ2v) is 4.35. The third-order valence-corrected chi connectivity index (χ3v) is 2.92. The first-order valence-electron chi connectivity index (χ1n) is 6.03. The Labute approximate surface area is 112 Å². The molecule has 0 aliphatic carbocycles. The van der Waals surface area contributed by atoms with E-state index in [1.807, 2.05) is 31.2 Å². The van der Waals surface area contributed by atoms with Crippen molar-refractivity contribution in [1.29, 1.82) is 0 Å². The van der Waals surface area contributed by atoms with Gasteiger partial charge < -0.3 is 10.1 Å². The van der Waals surface area contributed by atoms with Gasteiger partial charge in [0.15, 0.2) is 0 Å². The number of anilines is 1. The molecule has 2 aromatic rings. The van der Waals surface area contributed by atoms with Crippen molar-refractivity contribution < 1.29 is 9.53 Å². The van der Waals surface area contributed by atoms with Crippen molar-refractivity contribution in [3.63, 3.8) is 0 Å². The fourth-order valence-corrected chi connectivity index (χ4v) is 1.99. The number of rotatable bonds is 4. The number of carbonyl (C=O) groups excluding carboxylic acids is 1. The first kappa shape index (κ1) is 13.3. The number of H-pyrrole nitrogens is 1. The average molecular weight is 259 g/mol. The first-order valence-corrected chi connectivity index (χ1v) is 6.03. The van der Waals surface area contributed by atoms with Crippen molar-refractivity contribution in [2.75, 3.05) is 12.4 Å². The molecule has 5 nitrogen and oxygen atoms in total. The van der Waals surface area contributed by atoms with Gasteiger partial charge in [-0.2, -0.15) is 5.10 Å². The number of ether oxygens (including phenoxy) is 1. The number of hydrogen-bond acceptors (Lipinski definition) is 3. The molecule has 2 rings (SSSR count). The Morgan fingerprint density at radius 2 is 2.11 bits per heavy atom. The van der Waals surface area contributed by atoms with Gasteiger partial charge in [-0.05, 0) is 19.9 Å². The van der Waals surface area contributed by atoms with E-state index in [9.17, 15) is 4.79 Å². The smallest absolute Gasteiger partial charge is 0.259 e. The minimum Gasteiger partial charge on any atom is -0.380 e. The molecule has 100 valence electrons. The van der Waals surface area contributed by atoms with Crippen LogP contribution in [0.2, 0.25) is 0 Å². The maximum absolute atomic E-state index is 12.3. The van der Waals surface area contributed by atoms with Crippen molar-refractivity contribution in [2.45, 2.75) is 20.5 Å². The lowest BCUT2D eigenvalue weighted by molar-refractivity contribution is 0.102. The summed E-state index contributed by atoms with van der Waals surface area (Å²) in [4.78, 5) is 12.3. The van der Waals surface area contributed by atoms with Crippen LogP contribution in [0.4, 0.5) is 5.69 Å². The van der Waals surface area contributed by atoms with Crippen molar-refractivity contribution in [2.24, 2.45) is 0 Å². The highest BCUT2D eigenvalue weighted by atomic mass is 16.5. The molecule has 2 N–H and O–H groups in total. The molecule has 0 spiro atoms. The van der Waals surface area contributed by atoms with Gasteiger partial charge in [-0.3, -0.25) is 9.89 Å². The molecule has 5 heteroatoms. The lowest BCUT2D eigenvalue weighted by Crippen LogP contribution is -2.15. The van der Waals surface area contributed by atoms with Crippen molar-refractivity contribution in [3.8, 4) is 0 Å². The van der Waals surface area contributed by atoms with E-state index >= 15 is 0 Å². The number of aryl methyl sites for hydroxylation is 2. The molecule has 0 bridgehead atoms. The number of nitrogens with zero attached hydrogens (tertiary/aromatic N) is 1. The van der Waals surface area contributed by atoms with Gasteiger partial charge in [-0.15, -0.1) is 0 Å². The number of aromatic nitrogens is 2. The summed E-state index contributed by atoms with van der Waals surface area (Å²) in [7, 11) is 1.63. The van der Waals surface area contributed by atoms with E-state index in [4.69, 9.17) is 4.74 Å². The summed E-state index contributed by atoms with van der Waals surface area (Å²) in [6.07, 6.45) is 0. The van der Waals surface area contributed by atoms with Gasteiger partial charge >= 0.3 is 0 Å². The highest BCUT2D eigenvalue weighted by Crippen LogP contribution is 2.18. The lowest BCUT2D eigenvalue weighted by Gasteiger charge is -2.10. The Hall–Kier alpha value is -2.14.